The van der Waals surface area contributed by atoms with Gasteiger partial charge in [0, 0.05) is 18.7 Å². The summed E-state index contributed by atoms with van der Waals surface area (Å²) in [5, 5.41) is 2.80. The van der Waals surface area contributed by atoms with Crippen molar-refractivity contribution in [1.82, 2.24) is 10.2 Å². The van der Waals surface area contributed by atoms with Crippen LogP contribution in [0.25, 0.3) is 0 Å². The van der Waals surface area contributed by atoms with Gasteiger partial charge in [-0.05, 0) is 35.9 Å². The number of nitrogens with zero attached hydrogens (tertiary/aromatic N) is 1. The normalized spacial score (nSPS) is 12.6. The fourth-order valence-electron chi connectivity index (χ4n) is 3.00. The van der Waals surface area contributed by atoms with Gasteiger partial charge in [0.1, 0.15) is 0 Å². The van der Waals surface area contributed by atoms with Crippen molar-refractivity contribution in [3.8, 4) is 11.5 Å². The van der Waals surface area contributed by atoms with Crippen molar-refractivity contribution in [2.75, 3.05) is 20.8 Å². The Labute approximate surface area is 162 Å². The van der Waals surface area contributed by atoms with Crippen LogP contribution < -0.4 is 14.8 Å². The van der Waals surface area contributed by atoms with Crippen molar-refractivity contribution in [2.45, 2.75) is 6.54 Å². The summed E-state index contributed by atoms with van der Waals surface area (Å²) in [5.74, 6) is 0.0216. The third-order valence-corrected chi connectivity index (χ3v) is 4.45. The van der Waals surface area contributed by atoms with Gasteiger partial charge < -0.3 is 14.8 Å². The number of nitrogens with one attached hydrogen (secondary N) is 1. The minimum atomic E-state index is -0.422. The molecule has 1 heterocycles. The number of carbonyl (C=O) groups is 3. The molecule has 0 saturated heterocycles. The van der Waals surface area contributed by atoms with E-state index in [1.54, 1.807) is 26.4 Å². The molecule has 1 aliphatic rings. The summed E-state index contributed by atoms with van der Waals surface area (Å²) in [6.07, 6.45) is 1.48. The summed E-state index contributed by atoms with van der Waals surface area (Å²) < 4.78 is 10.4. The van der Waals surface area contributed by atoms with Crippen molar-refractivity contribution in [3.63, 3.8) is 0 Å². The van der Waals surface area contributed by atoms with Crippen molar-refractivity contribution < 1.29 is 23.9 Å². The molecule has 2 aromatic rings. The summed E-state index contributed by atoms with van der Waals surface area (Å²) >= 11 is 0. The highest BCUT2D eigenvalue weighted by molar-refractivity contribution is 6.22. The SMILES string of the molecule is C=CCN1C(=O)c2ccc(C(=O)NCc3ccc(OC)c(OC)c3)cc2C1=O. The van der Waals surface area contributed by atoms with E-state index < -0.39 is 5.91 Å². The molecule has 3 rings (SSSR count). The van der Waals surface area contributed by atoms with Gasteiger partial charge in [-0.3, -0.25) is 19.3 Å². The van der Waals surface area contributed by atoms with Crippen LogP contribution in [0, 0.1) is 0 Å². The Kier molecular flexibility index (Phi) is 5.44. The topological polar surface area (TPSA) is 84.9 Å². The molecule has 0 bridgehead atoms. The summed E-state index contributed by atoms with van der Waals surface area (Å²) in [6.45, 7) is 3.95. The number of fused-ring (bicyclic) bond motifs is 1. The van der Waals surface area contributed by atoms with Gasteiger partial charge in [-0.2, -0.15) is 0 Å². The molecule has 7 heteroatoms. The quantitative estimate of drug-likeness (QED) is 0.589. The molecule has 0 unspecified atom stereocenters. The molecule has 0 spiro atoms. The number of hydrogen-bond acceptors (Lipinski definition) is 5. The maximum Gasteiger partial charge on any atom is 0.261 e. The lowest BCUT2D eigenvalue weighted by molar-refractivity contribution is 0.0672. The smallest absolute Gasteiger partial charge is 0.261 e. The second kappa shape index (κ2) is 7.96. The lowest BCUT2D eigenvalue weighted by Gasteiger charge is -2.10. The predicted octanol–water partition coefficient (Wildman–Crippen LogP) is 2.42. The van der Waals surface area contributed by atoms with Crippen LogP contribution in [0.1, 0.15) is 36.6 Å². The van der Waals surface area contributed by atoms with E-state index >= 15 is 0 Å². The molecule has 1 N–H and O–H groups in total. The number of ether oxygens (including phenoxy) is 2. The molecule has 0 fully saturated rings. The van der Waals surface area contributed by atoms with Crippen LogP contribution in [0.3, 0.4) is 0 Å². The van der Waals surface area contributed by atoms with Crippen molar-refractivity contribution in [2.24, 2.45) is 0 Å². The van der Waals surface area contributed by atoms with Crippen LogP contribution in [0.15, 0.2) is 49.1 Å². The third kappa shape index (κ3) is 3.46. The van der Waals surface area contributed by atoms with Crippen LogP contribution >= 0.6 is 0 Å². The zero-order chi connectivity index (χ0) is 20.3. The van der Waals surface area contributed by atoms with Gasteiger partial charge in [0.2, 0.25) is 0 Å². The van der Waals surface area contributed by atoms with Crippen LogP contribution in [-0.4, -0.2) is 43.4 Å². The van der Waals surface area contributed by atoms with Gasteiger partial charge in [0.15, 0.2) is 11.5 Å². The van der Waals surface area contributed by atoms with Gasteiger partial charge in [0.05, 0.1) is 25.3 Å². The molecular weight excluding hydrogens is 360 g/mol. The summed E-state index contributed by atoms with van der Waals surface area (Å²) in [5.41, 5.74) is 1.66. The summed E-state index contributed by atoms with van der Waals surface area (Å²) in [4.78, 5) is 38.2. The number of carbonyl (C=O) groups excluding carboxylic acids is 3. The van der Waals surface area contributed by atoms with E-state index in [2.05, 4.69) is 11.9 Å². The van der Waals surface area contributed by atoms with E-state index in [1.165, 1.54) is 24.3 Å². The highest BCUT2D eigenvalue weighted by Crippen LogP contribution is 2.27. The monoisotopic (exact) mass is 380 g/mol. The van der Waals surface area contributed by atoms with E-state index in [0.29, 0.717) is 22.6 Å². The van der Waals surface area contributed by atoms with Crippen LogP contribution in [-0.2, 0) is 6.54 Å². The third-order valence-electron chi connectivity index (χ3n) is 4.45. The standard InChI is InChI=1S/C21H20N2O5/c1-4-9-23-20(25)15-7-6-14(11-16(15)21(23)26)19(24)22-12-13-5-8-17(27-2)18(10-13)28-3/h4-8,10-11H,1,9,12H2,2-3H3,(H,22,24). The molecule has 0 aliphatic carbocycles. The Morgan fingerprint density at radius 1 is 1.04 bits per heavy atom. The van der Waals surface area contributed by atoms with E-state index in [0.717, 1.165) is 10.5 Å². The Balaban J connectivity index is 1.74. The Hall–Kier alpha value is -3.61. The average molecular weight is 380 g/mol. The van der Waals surface area contributed by atoms with Gasteiger partial charge >= 0.3 is 0 Å². The Bertz CT molecular complexity index is 967. The minimum absolute atomic E-state index is 0.132. The molecule has 0 atom stereocenters. The number of imide groups is 1. The second-order valence-corrected chi connectivity index (χ2v) is 6.14. The molecular formula is C21H20N2O5. The first-order valence-corrected chi connectivity index (χ1v) is 8.60. The molecule has 28 heavy (non-hydrogen) atoms. The highest BCUT2D eigenvalue weighted by Gasteiger charge is 2.35. The first kappa shape index (κ1) is 19.2. The molecule has 3 amide bonds. The van der Waals surface area contributed by atoms with Crippen molar-refractivity contribution >= 4 is 17.7 Å². The highest BCUT2D eigenvalue weighted by atomic mass is 16.5. The molecule has 7 nitrogen and oxygen atoms in total. The number of methoxy groups -OCH3 is 2. The van der Waals surface area contributed by atoms with E-state index in [1.807, 2.05) is 6.07 Å². The Morgan fingerprint density at radius 2 is 1.75 bits per heavy atom. The van der Waals surface area contributed by atoms with Gasteiger partial charge in [-0.25, -0.2) is 0 Å². The number of rotatable bonds is 7. The zero-order valence-electron chi connectivity index (χ0n) is 15.7. The molecule has 2 aromatic carbocycles. The van der Waals surface area contributed by atoms with Crippen LogP contribution in [0.5, 0.6) is 11.5 Å². The maximum atomic E-state index is 12.5. The maximum absolute atomic E-state index is 12.5. The first-order chi connectivity index (χ1) is 13.5. The van der Waals surface area contributed by atoms with Crippen molar-refractivity contribution in [1.29, 1.82) is 0 Å². The fourth-order valence-corrected chi connectivity index (χ4v) is 3.00. The van der Waals surface area contributed by atoms with E-state index in [4.69, 9.17) is 9.47 Å². The second-order valence-electron chi connectivity index (χ2n) is 6.14. The number of amides is 3. The molecule has 0 saturated carbocycles. The minimum Gasteiger partial charge on any atom is -0.493 e. The molecule has 0 radical (unpaired) electrons. The Morgan fingerprint density at radius 3 is 2.43 bits per heavy atom. The molecule has 1 aliphatic heterocycles. The molecule has 0 aromatic heterocycles. The fraction of sp³-hybridized carbons (Fsp3) is 0.190. The van der Waals surface area contributed by atoms with Gasteiger partial charge in [-0.15, -0.1) is 6.58 Å². The van der Waals surface area contributed by atoms with E-state index in [9.17, 15) is 14.4 Å². The first-order valence-electron chi connectivity index (χ1n) is 8.60. The lowest BCUT2D eigenvalue weighted by Crippen LogP contribution is -2.29. The summed E-state index contributed by atoms with van der Waals surface area (Å²) in [6, 6.07) is 9.84. The average Bonchev–Trinajstić information content (AvgIpc) is 2.96. The number of benzene rings is 2. The predicted molar refractivity (Wildman–Crippen MR) is 103 cm³/mol. The van der Waals surface area contributed by atoms with Crippen LogP contribution in [0.2, 0.25) is 0 Å². The largest absolute Gasteiger partial charge is 0.493 e. The summed E-state index contributed by atoms with van der Waals surface area (Å²) in [7, 11) is 3.09. The van der Waals surface area contributed by atoms with Gasteiger partial charge in [-0.1, -0.05) is 12.1 Å². The van der Waals surface area contributed by atoms with Gasteiger partial charge in [0.25, 0.3) is 17.7 Å². The number of hydrogen-bond donors (Lipinski definition) is 1. The molecule has 144 valence electrons. The van der Waals surface area contributed by atoms with Crippen molar-refractivity contribution in [3.05, 3.63) is 71.3 Å². The van der Waals surface area contributed by atoms with Crippen LogP contribution in [0.4, 0.5) is 0 Å². The lowest BCUT2D eigenvalue weighted by atomic mass is 10.1. The van der Waals surface area contributed by atoms with E-state index in [-0.39, 0.29) is 30.5 Å². The zero-order valence-corrected chi connectivity index (χ0v) is 15.7.